The van der Waals surface area contributed by atoms with E-state index in [1.807, 2.05) is 42.1 Å². The van der Waals surface area contributed by atoms with E-state index in [4.69, 9.17) is 28.9 Å². The molecule has 122 valence electrons. The quantitative estimate of drug-likeness (QED) is 0.568. The van der Waals surface area contributed by atoms with E-state index in [2.05, 4.69) is 0 Å². The van der Waals surface area contributed by atoms with Gasteiger partial charge in [0.2, 0.25) is 0 Å². The van der Waals surface area contributed by atoms with Crippen LogP contribution in [0.5, 0.6) is 0 Å². The van der Waals surface area contributed by atoms with Gasteiger partial charge in [0.05, 0.1) is 7.05 Å². The highest BCUT2D eigenvalue weighted by molar-refractivity contribution is 6.31. The molecule has 0 saturated heterocycles. The average molecular weight is 361 g/mol. The van der Waals surface area contributed by atoms with Gasteiger partial charge in [-0.2, -0.15) is 0 Å². The van der Waals surface area contributed by atoms with Crippen LogP contribution in [0.1, 0.15) is 10.4 Å². The minimum atomic E-state index is -0.0579. The third-order valence-corrected chi connectivity index (χ3v) is 4.33. The van der Waals surface area contributed by atoms with Gasteiger partial charge in [0.25, 0.3) is 0 Å². The van der Waals surface area contributed by atoms with E-state index in [0.717, 1.165) is 11.3 Å². The van der Waals surface area contributed by atoms with Crippen molar-refractivity contribution in [3.63, 3.8) is 0 Å². The van der Waals surface area contributed by atoms with E-state index in [0.29, 0.717) is 21.6 Å². The van der Waals surface area contributed by atoms with Crippen LogP contribution in [0.3, 0.4) is 0 Å². The van der Waals surface area contributed by atoms with Crippen molar-refractivity contribution in [3.8, 4) is 11.3 Å². The number of ketones is 1. The molecule has 0 fully saturated rings. The number of benzene rings is 2. The largest absolute Gasteiger partial charge is 0.355 e. The first-order valence-corrected chi connectivity index (χ1v) is 8.10. The average Bonchev–Trinajstić information content (AvgIpc) is 2.83. The first-order valence-electron chi connectivity index (χ1n) is 7.35. The number of hydrogen-bond donors (Lipinski definition) is 1. The lowest BCUT2D eigenvalue weighted by Crippen LogP contribution is -2.39. The summed E-state index contributed by atoms with van der Waals surface area (Å²) in [6, 6.07) is 14.4. The normalized spacial score (nSPS) is 10.8. The predicted octanol–water partition coefficient (Wildman–Crippen LogP) is 3.75. The summed E-state index contributed by atoms with van der Waals surface area (Å²) in [6.07, 6.45) is 1.85. The van der Waals surface area contributed by atoms with E-state index in [9.17, 15) is 4.79 Å². The molecule has 24 heavy (non-hydrogen) atoms. The summed E-state index contributed by atoms with van der Waals surface area (Å²) in [5, 5.41) is 1.18. The number of nitrogen functional groups attached to an aromatic ring is 1. The fourth-order valence-corrected chi connectivity index (χ4v) is 2.95. The molecule has 0 bridgehead atoms. The zero-order valence-electron chi connectivity index (χ0n) is 13.0. The fraction of sp³-hybridized carbons (Fsp3) is 0.111. The molecule has 0 aliphatic rings. The van der Waals surface area contributed by atoms with Gasteiger partial charge in [-0.15, -0.1) is 0 Å². The predicted molar refractivity (Wildman–Crippen MR) is 96.2 cm³/mol. The van der Waals surface area contributed by atoms with E-state index in [1.165, 1.54) is 0 Å². The van der Waals surface area contributed by atoms with E-state index in [1.54, 1.807) is 28.8 Å². The third kappa shape index (κ3) is 3.30. The Labute approximate surface area is 150 Å². The Hall–Kier alpha value is -2.30. The Morgan fingerprint density at radius 1 is 1.12 bits per heavy atom. The second kappa shape index (κ2) is 6.67. The van der Waals surface area contributed by atoms with Gasteiger partial charge in [0.1, 0.15) is 18.4 Å². The van der Waals surface area contributed by atoms with Crippen LogP contribution in [-0.2, 0) is 13.6 Å². The van der Waals surface area contributed by atoms with Gasteiger partial charge >= 0.3 is 5.95 Å². The summed E-state index contributed by atoms with van der Waals surface area (Å²) in [7, 11) is 1.85. The fourth-order valence-electron chi connectivity index (χ4n) is 2.57. The number of carbonyl (C=O) groups is 1. The highest BCUT2D eigenvalue weighted by atomic mass is 35.5. The molecule has 0 spiro atoms. The number of rotatable bonds is 4. The molecule has 0 aliphatic heterocycles. The highest BCUT2D eigenvalue weighted by Crippen LogP contribution is 2.23. The Balaban J connectivity index is 1.92. The maximum Gasteiger partial charge on any atom is 0.355 e. The van der Waals surface area contributed by atoms with E-state index >= 15 is 0 Å². The van der Waals surface area contributed by atoms with Crippen molar-refractivity contribution in [2.45, 2.75) is 6.54 Å². The molecule has 0 saturated carbocycles. The molecule has 2 N–H and O–H groups in total. The highest BCUT2D eigenvalue weighted by Gasteiger charge is 2.20. The van der Waals surface area contributed by atoms with Crippen molar-refractivity contribution in [3.05, 3.63) is 70.3 Å². The monoisotopic (exact) mass is 360 g/mol. The number of hydrogen-bond acceptors (Lipinski definition) is 2. The lowest BCUT2D eigenvalue weighted by Gasteiger charge is -2.01. The molecule has 0 aliphatic carbocycles. The molecule has 0 amide bonds. The lowest BCUT2D eigenvalue weighted by atomic mass is 10.1. The molecule has 0 radical (unpaired) electrons. The Morgan fingerprint density at radius 3 is 2.46 bits per heavy atom. The molecule has 4 nitrogen and oxygen atoms in total. The number of Topliss-reactive ketones (excluding diaryl/α,β-unsaturated/α-hetero) is 1. The first-order chi connectivity index (χ1) is 11.5. The van der Waals surface area contributed by atoms with Gasteiger partial charge in [0.15, 0.2) is 5.78 Å². The van der Waals surface area contributed by atoms with Crippen LogP contribution >= 0.6 is 23.2 Å². The summed E-state index contributed by atoms with van der Waals surface area (Å²) in [4.78, 5) is 12.5. The van der Waals surface area contributed by atoms with E-state index in [-0.39, 0.29) is 12.3 Å². The molecule has 3 aromatic rings. The van der Waals surface area contributed by atoms with Crippen molar-refractivity contribution >= 4 is 34.9 Å². The first kappa shape index (κ1) is 16.6. The number of aromatic nitrogens is 2. The summed E-state index contributed by atoms with van der Waals surface area (Å²) in [5.74, 6) is 0.429. The van der Waals surface area contributed by atoms with Crippen molar-refractivity contribution in [1.29, 1.82) is 0 Å². The van der Waals surface area contributed by atoms with Gasteiger partial charge in [-0.05, 0) is 24.3 Å². The number of anilines is 1. The van der Waals surface area contributed by atoms with Crippen molar-refractivity contribution in [2.75, 3.05) is 5.73 Å². The van der Waals surface area contributed by atoms with E-state index < -0.39 is 0 Å². The standard InChI is InChI=1S/C18H15Cl2N3O/c1-22-16(12-4-2-6-14(19)8-12)10-23(18(22)21)11-17(24)13-5-3-7-15(20)9-13/h2-10,21H,11H2,1H3/p+1. The number of halogens is 2. The topological polar surface area (TPSA) is 51.9 Å². The summed E-state index contributed by atoms with van der Waals surface area (Å²) in [6.45, 7) is 0.139. The second-order valence-electron chi connectivity index (χ2n) is 5.50. The number of imidazole rings is 1. The lowest BCUT2D eigenvalue weighted by molar-refractivity contribution is -0.667. The van der Waals surface area contributed by atoms with Crippen LogP contribution in [0.4, 0.5) is 5.95 Å². The van der Waals surface area contributed by atoms with Gasteiger partial charge in [-0.3, -0.25) is 10.5 Å². The van der Waals surface area contributed by atoms with Crippen molar-refractivity contribution in [1.82, 2.24) is 4.57 Å². The molecule has 1 heterocycles. The molecule has 0 unspecified atom stereocenters. The van der Waals surface area contributed by atoms with Crippen molar-refractivity contribution < 1.29 is 9.36 Å². The van der Waals surface area contributed by atoms with Gasteiger partial charge < -0.3 is 0 Å². The Kier molecular flexibility index (Phi) is 4.60. The molecule has 0 atom stereocenters. The van der Waals surface area contributed by atoms with Crippen LogP contribution in [-0.4, -0.2) is 10.4 Å². The van der Waals surface area contributed by atoms with Gasteiger partial charge in [-0.25, -0.2) is 9.13 Å². The Morgan fingerprint density at radius 2 is 1.79 bits per heavy atom. The molecular formula is C18H16Cl2N3O+. The number of nitrogens with two attached hydrogens (primary N) is 1. The zero-order chi connectivity index (χ0) is 17.3. The van der Waals surface area contributed by atoms with Crippen LogP contribution < -0.4 is 10.3 Å². The maximum absolute atomic E-state index is 12.5. The molecule has 3 rings (SSSR count). The van der Waals surface area contributed by atoms with Gasteiger partial charge in [0, 0.05) is 21.2 Å². The maximum atomic E-state index is 12.5. The van der Waals surface area contributed by atoms with Crippen molar-refractivity contribution in [2.24, 2.45) is 7.05 Å². The minimum absolute atomic E-state index is 0.0579. The molecule has 2 aromatic carbocycles. The van der Waals surface area contributed by atoms with Crippen LogP contribution in [0.15, 0.2) is 54.7 Å². The summed E-state index contributed by atoms with van der Waals surface area (Å²) >= 11 is 12.0. The number of carbonyl (C=O) groups excluding carboxylic acids is 1. The van der Waals surface area contributed by atoms with Gasteiger partial charge in [-0.1, -0.05) is 47.5 Å². The zero-order valence-corrected chi connectivity index (χ0v) is 14.6. The SMILES string of the molecule is Cn1c(-c2cccc(Cl)c2)c[n+](CC(=O)c2cccc(Cl)c2)c1N. The van der Waals surface area contributed by atoms with Crippen LogP contribution in [0.25, 0.3) is 11.3 Å². The molecule has 6 heteroatoms. The summed E-state index contributed by atoms with van der Waals surface area (Å²) in [5.41, 5.74) is 8.53. The smallest absolute Gasteiger partial charge is 0.291 e. The summed E-state index contributed by atoms with van der Waals surface area (Å²) < 4.78 is 3.55. The number of nitrogens with zero attached hydrogens (tertiary/aromatic N) is 2. The van der Waals surface area contributed by atoms with Crippen LogP contribution in [0.2, 0.25) is 10.0 Å². The van der Waals surface area contributed by atoms with Crippen LogP contribution in [0, 0.1) is 0 Å². The Bertz CT molecular complexity index is 918. The second-order valence-corrected chi connectivity index (χ2v) is 6.38. The minimum Gasteiger partial charge on any atom is -0.291 e. The third-order valence-electron chi connectivity index (χ3n) is 3.86. The molecular weight excluding hydrogens is 345 g/mol. The molecule has 1 aromatic heterocycles.